The molecule has 2 aliphatic heterocycles. The van der Waals surface area contributed by atoms with E-state index in [2.05, 4.69) is 0 Å². The number of hydrogen-bond acceptors (Lipinski definition) is 3. The maximum Gasteiger partial charge on any atom is 0.416 e. The third-order valence-corrected chi connectivity index (χ3v) is 5.32. The van der Waals surface area contributed by atoms with Gasteiger partial charge in [0.2, 0.25) is 0 Å². The van der Waals surface area contributed by atoms with E-state index < -0.39 is 23.6 Å². The van der Waals surface area contributed by atoms with Crippen molar-refractivity contribution < 1.29 is 22.8 Å². The van der Waals surface area contributed by atoms with E-state index in [1.807, 2.05) is 4.90 Å². The second kappa shape index (κ2) is 7.22. The molecule has 150 valence electrons. The highest BCUT2D eigenvalue weighted by atomic mass is 35.5. The molecule has 2 heterocycles. The molecule has 0 aliphatic carbocycles. The lowest BCUT2D eigenvalue weighted by Gasteiger charge is -2.20. The molecule has 2 aliphatic rings. The monoisotopic (exact) mass is 420 g/mol. The number of likely N-dealkylation sites (tertiary alicyclic amines) is 1. The predicted molar refractivity (Wildman–Crippen MR) is 103 cm³/mol. The van der Waals surface area contributed by atoms with Gasteiger partial charge in [-0.1, -0.05) is 23.7 Å². The zero-order valence-corrected chi connectivity index (χ0v) is 15.9. The molecule has 1 fully saturated rings. The number of benzene rings is 2. The summed E-state index contributed by atoms with van der Waals surface area (Å²) < 4.78 is 38.6. The molecule has 0 bridgehead atoms. The maximum atomic E-state index is 13.2. The summed E-state index contributed by atoms with van der Waals surface area (Å²) in [5.41, 5.74) is 0.340. The van der Waals surface area contributed by atoms with E-state index in [1.165, 1.54) is 0 Å². The molecule has 0 spiro atoms. The molecule has 2 aromatic rings. The normalized spacial score (nSPS) is 17.7. The van der Waals surface area contributed by atoms with Crippen molar-refractivity contribution >= 4 is 34.7 Å². The van der Waals surface area contributed by atoms with Crippen LogP contribution in [0, 0.1) is 0 Å². The average molecular weight is 421 g/mol. The Morgan fingerprint density at radius 1 is 0.828 bits per heavy atom. The van der Waals surface area contributed by atoms with Crippen LogP contribution >= 0.6 is 11.6 Å². The number of halogens is 4. The van der Waals surface area contributed by atoms with Crippen molar-refractivity contribution in [1.82, 2.24) is 4.90 Å². The van der Waals surface area contributed by atoms with Gasteiger partial charge < -0.3 is 4.90 Å². The van der Waals surface area contributed by atoms with E-state index in [-0.39, 0.29) is 17.0 Å². The third-order valence-electron chi connectivity index (χ3n) is 5.07. The first-order valence-corrected chi connectivity index (χ1v) is 9.46. The molecule has 2 amide bonds. The average Bonchev–Trinajstić information content (AvgIpc) is 3.28. The molecule has 8 heteroatoms. The summed E-state index contributed by atoms with van der Waals surface area (Å²) in [5.74, 6) is -1.08. The maximum absolute atomic E-state index is 13.2. The van der Waals surface area contributed by atoms with Gasteiger partial charge in [0.1, 0.15) is 5.70 Å². The van der Waals surface area contributed by atoms with Gasteiger partial charge in [0.15, 0.2) is 0 Å². The summed E-state index contributed by atoms with van der Waals surface area (Å²) in [4.78, 5) is 29.2. The number of rotatable bonds is 3. The van der Waals surface area contributed by atoms with Crippen LogP contribution in [0.25, 0.3) is 5.57 Å². The van der Waals surface area contributed by atoms with Crippen LogP contribution in [0.4, 0.5) is 18.9 Å². The Balaban J connectivity index is 1.77. The first kappa shape index (κ1) is 19.5. The molecule has 2 aromatic carbocycles. The second-order valence-electron chi connectivity index (χ2n) is 6.92. The van der Waals surface area contributed by atoms with Crippen molar-refractivity contribution in [3.8, 4) is 0 Å². The number of hydrogen-bond donors (Lipinski definition) is 0. The van der Waals surface area contributed by atoms with Gasteiger partial charge in [-0.05, 0) is 54.8 Å². The molecule has 29 heavy (non-hydrogen) atoms. The van der Waals surface area contributed by atoms with E-state index in [9.17, 15) is 22.8 Å². The Kier molecular flexibility index (Phi) is 4.86. The minimum absolute atomic E-state index is 0.105. The summed E-state index contributed by atoms with van der Waals surface area (Å²) in [7, 11) is 0. The van der Waals surface area contributed by atoms with Gasteiger partial charge in [0, 0.05) is 18.1 Å². The van der Waals surface area contributed by atoms with Gasteiger partial charge in [-0.15, -0.1) is 0 Å². The molecule has 0 aromatic heterocycles. The highest BCUT2D eigenvalue weighted by molar-refractivity contribution is 6.45. The molecule has 0 unspecified atom stereocenters. The Morgan fingerprint density at radius 3 is 1.97 bits per heavy atom. The fourth-order valence-electron chi connectivity index (χ4n) is 3.66. The van der Waals surface area contributed by atoms with Crippen LogP contribution in [0.5, 0.6) is 0 Å². The van der Waals surface area contributed by atoms with Gasteiger partial charge in [-0.2, -0.15) is 13.2 Å². The van der Waals surface area contributed by atoms with Gasteiger partial charge in [-0.3, -0.25) is 9.59 Å². The second-order valence-corrected chi connectivity index (χ2v) is 7.35. The summed E-state index contributed by atoms with van der Waals surface area (Å²) in [6.07, 6.45) is -2.69. The van der Waals surface area contributed by atoms with Crippen LogP contribution < -0.4 is 4.90 Å². The van der Waals surface area contributed by atoms with Gasteiger partial charge in [0.25, 0.3) is 11.8 Å². The Bertz CT molecular complexity index is 992. The number of anilines is 1. The molecule has 4 nitrogen and oxygen atoms in total. The van der Waals surface area contributed by atoms with E-state index in [4.69, 9.17) is 11.6 Å². The smallest absolute Gasteiger partial charge is 0.366 e. The summed E-state index contributed by atoms with van der Waals surface area (Å²) >= 11 is 5.94. The van der Waals surface area contributed by atoms with Crippen molar-refractivity contribution in [2.45, 2.75) is 19.0 Å². The first-order valence-electron chi connectivity index (χ1n) is 9.08. The minimum atomic E-state index is -4.50. The number of alkyl halides is 3. The number of amides is 2. The van der Waals surface area contributed by atoms with Crippen molar-refractivity contribution in [2.75, 3.05) is 18.0 Å². The lowest BCUT2D eigenvalue weighted by atomic mass is 10.0. The number of carbonyl (C=O) groups is 2. The van der Waals surface area contributed by atoms with Gasteiger partial charge in [-0.25, -0.2) is 4.90 Å². The van der Waals surface area contributed by atoms with Crippen LogP contribution in [0.15, 0.2) is 54.2 Å². The summed E-state index contributed by atoms with van der Waals surface area (Å²) in [6, 6.07) is 10.6. The topological polar surface area (TPSA) is 40.6 Å². The zero-order valence-electron chi connectivity index (χ0n) is 15.2. The van der Waals surface area contributed by atoms with E-state index in [0.717, 1.165) is 42.0 Å². The van der Waals surface area contributed by atoms with E-state index in [1.54, 1.807) is 24.3 Å². The molecule has 4 rings (SSSR count). The molecule has 0 saturated carbocycles. The summed E-state index contributed by atoms with van der Waals surface area (Å²) in [5, 5.41) is 0.494. The Hall–Kier alpha value is -2.80. The first-order chi connectivity index (χ1) is 13.8. The fourth-order valence-corrected chi connectivity index (χ4v) is 3.79. The van der Waals surface area contributed by atoms with Crippen LogP contribution in [-0.4, -0.2) is 29.8 Å². The van der Waals surface area contributed by atoms with Crippen LogP contribution in [-0.2, 0) is 15.8 Å². The van der Waals surface area contributed by atoms with Crippen molar-refractivity contribution in [3.05, 3.63) is 70.4 Å². The number of carbonyl (C=O) groups excluding carboxylic acids is 2. The molecule has 0 N–H and O–H groups in total. The molecular weight excluding hydrogens is 405 g/mol. The van der Waals surface area contributed by atoms with Crippen LogP contribution in [0.3, 0.4) is 0 Å². The van der Waals surface area contributed by atoms with Gasteiger partial charge >= 0.3 is 6.18 Å². The summed E-state index contributed by atoms with van der Waals surface area (Å²) in [6.45, 7) is 1.29. The van der Waals surface area contributed by atoms with E-state index in [0.29, 0.717) is 23.7 Å². The quantitative estimate of drug-likeness (QED) is 0.673. The number of imide groups is 1. The largest absolute Gasteiger partial charge is 0.416 e. The lowest BCUT2D eigenvalue weighted by molar-refractivity contribution is -0.137. The van der Waals surface area contributed by atoms with Gasteiger partial charge in [0.05, 0.1) is 16.8 Å². The van der Waals surface area contributed by atoms with Crippen molar-refractivity contribution in [3.63, 3.8) is 0 Å². The Labute approximate surface area is 170 Å². The number of nitrogens with zero attached hydrogens (tertiary/aromatic N) is 2. The van der Waals surface area contributed by atoms with Crippen molar-refractivity contribution in [2.24, 2.45) is 0 Å². The highest BCUT2D eigenvalue weighted by Gasteiger charge is 2.43. The molecular formula is C21H16ClF3N2O2. The fraction of sp³-hybridized carbons (Fsp3) is 0.238. The Morgan fingerprint density at radius 2 is 1.41 bits per heavy atom. The standard InChI is InChI=1S/C21H16ClF3N2O2/c22-15-7-3-13(4-8-15)17-18(26-11-1-2-12-26)20(29)27(19(17)28)16-9-5-14(6-10-16)21(23,24)25/h3-10H,1-2,11-12H2. The van der Waals surface area contributed by atoms with E-state index >= 15 is 0 Å². The predicted octanol–water partition coefficient (Wildman–Crippen LogP) is 4.74. The zero-order chi connectivity index (χ0) is 20.8. The minimum Gasteiger partial charge on any atom is -0.366 e. The van der Waals surface area contributed by atoms with Crippen LogP contribution in [0.1, 0.15) is 24.0 Å². The molecule has 1 saturated heterocycles. The highest BCUT2D eigenvalue weighted by Crippen LogP contribution is 2.37. The molecule has 0 radical (unpaired) electrons. The van der Waals surface area contributed by atoms with Crippen molar-refractivity contribution in [1.29, 1.82) is 0 Å². The molecule has 0 atom stereocenters. The lowest BCUT2D eigenvalue weighted by Crippen LogP contribution is -2.34. The van der Waals surface area contributed by atoms with Crippen LogP contribution in [0.2, 0.25) is 5.02 Å². The third kappa shape index (κ3) is 3.51. The SMILES string of the molecule is O=C1C(c2ccc(Cl)cc2)=C(N2CCCC2)C(=O)N1c1ccc(C(F)(F)F)cc1.